The summed E-state index contributed by atoms with van der Waals surface area (Å²) < 4.78 is 1.93. The van der Waals surface area contributed by atoms with Crippen LogP contribution in [0.4, 0.5) is 0 Å². The van der Waals surface area contributed by atoms with Crippen molar-refractivity contribution in [1.82, 2.24) is 15.1 Å². The zero-order valence-corrected chi connectivity index (χ0v) is 11.5. The molecule has 1 rings (SSSR count). The molecule has 4 heteroatoms. The lowest BCUT2D eigenvalue weighted by atomic mass is 10.0. The van der Waals surface area contributed by atoms with Crippen LogP contribution in [0.1, 0.15) is 40.7 Å². The van der Waals surface area contributed by atoms with Gasteiger partial charge in [0, 0.05) is 18.3 Å². The number of nitrogens with zero attached hydrogens (tertiary/aromatic N) is 2. The van der Waals surface area contributed by atoms with Gasteiger partial charge in [0.15, 0.2) is 0 Å². The monoisotopic (exact) mass is 243 g/mol. The molecule has 1 aromatic heterocycles. The van der Waals surface area contributed by atoms with Gasteiger partial charge in [-0.2, -0.15) is 5.10 Å². The highest BCUT2D eigenvalue weighted by Gasteiger charge is 2.17. The number of hydrogen-bond acceptors (Lipinski definition) is 2. The Morgan fingerprint density at radius 3 is 2.50 bits per heavy atom. The molecule has 0 saturated heterocycles. The first kappa shape index (κ1) is 13.5. The summed E-state index contributed by atoms with van der Waals surface area (Å²) in [6.45, 7) is 11.9. The quantitative estimate of drug-likeness (QED) is 0.881. The number of rotatable bonds is 4. The van der Waals surface area contributed by atoms with Gasteiger partial charge < -0.3 is 5.32 Å². The van der Waals surface area contributed by atoms with Crippen LogP contribution in [0.15, 0.2) is 12.4 Å². The Labute approximate surface area is 103 Å². The van der Waals surface area contributed by atoms with E-state index in [4.69, 9.17) is 11.6 Å². The average Bonchev–Trinajstić information content (AvgIpc) is 2.59. The van der Waals surface area contributed by atoms with Gasteiger partial charge in [-0.15, -0.1) is 0 Å². The molecule has 16 heavy (non-hydrogen) atoms. The van der Waals surface area contributed by atoms with E-state index >= 15 is 0 Å². The molecule has 2 unspecified atom stereocenters. The first-order chi connectivity index (χ1) is 7.29. The van der Waals surface area contributed by atoms with Crippen LogP contribution in [0.3, 0.4) is 0 Å². The zero-order chi connectivity index (χ0) is 12.3. The summed E-state index contributed by atoms with van der Waals surface area (Å²) in [5, 5.41) is 8.44. The molecular formula is C12H22ClN3. The molecule has 0 fully saturated rings. The zero-order valence-electron chi connectivity index (χ0n) is 10.8. The molecule has 1 N–H and O–H groups in total. The second-order valence-corrected chi connectivity index (χ2v) is 5.92. The number of halogens is 1. The van der Waals surface area contributed by atoms with Crippen LogP contribution < -0.4 is 5.32 Å². The van der Waals surface area contributed by atoms with Crippen molar-refractivity contribution in [3.05, 3.63) is 17.4 Å². The fraction of sp³-hybridized carbons (Fsp3) is 0.750. The fourth-order valence-corrected chi connectivity index (χ4v) is 1.58. The Hall–Kier alpha value is -0.540. The molecule has 0 aromatic carbocycles. The lowest BCUT2D eigenvalue weighted by molar-refractivity contribution is 0.302. The summed E-state index contributed by atoms with van der Waals surface area (Å²) in [5.74, 6) is 0.509. The third kappa shape index (κ3) is 4.14. The topological polar surface area (TPSA) is 29.9 Å². The Morgan fingerprint density at radius 2 is 2.06 bits per heavy atom. The normalized spacial score (nSPS) is 16.1. The third-order valence-electron chi connectivity index (χ3n) is 2.77. The van der Waals surface area contributed by atoms with Crippen molar-refractivity contribution < 1.29 is 0 Å². The number of hydrogen-bond donors (Lipinski definition) is 1. The fourth-order valence-electron chi connectivity index (χ4n) is 1.44. The van der Waals surface area contributed by atoms with Crippen LogP contribution in [-0.2, 0) is 0 Å². The second kappa shape index (κ2) is 5.19. The summed E-state index contributed by atoms with van der Waals surface area (Å²) >= 11 is 5.86. The van der Waals surface area contributed by atoms with E-state index in [-0.39, 0.29) is 5.54 Å². The first-order valence-electron chi connectivity index (χ1n) is 5.74. The number of aromatic nitrogens is 2. The van der Waals surface area contributed by atoms with E-state index in [1.165, 1.54) is 0 Å². The second-order valence-electron chi connectivity index (χ2n) is 5.49. The smallest absolute Gasteiger partial charge is 0.0785 e. The average molecular weight is 244 g/mol. The van der Waals surface area contributed by atoms with Gasteiger partial charge in [-0.25, -0.2) is 0 Å². The largest absolute Gasteiger partial charge is 0.312 e. The van der Waals surface area contributed by atoms with Crippen LogP contribution in [-0.4, -0.2) is 21.9 Å². The van der Waals surface area contributed by atoms with Crippen LogP contribution in [0.25, 0.3) is 0 Å². The summed E-state index contributed by atoms with van der Waals surface area (Å²) in [6, 6.07) is 0.349. The van der Waals surface area contributed by atoms with E-state index in [9.17, 15) is 0 Å². The predicted octanol–water partition coefficient (Wildman–Crippen LogP) is 3.12. The molecule has 3 nitrogen and oxygen atoms in total. The Bertz CT molecular complexity index is 327. The molecule has 92 valence electrons. The molecule has 1 heterocycles. The molecule has 0 amide bonds. The van der Waals surface area contributed by atoms with Gasteiger partial charge in [-0.05, 0) is 33.6 Å². The van der Waals surface area contributed by atoms with E-state index in [1.807, 2.05) is 10.9 Å². The Kier molecular flexibility index (Phi) is 4.39. The van der Waals surface area contributed by atoms with Crippen molar-refractivity contribution >= 4 is 11.6 Å². The minimum atomic E-state index is 0.162. The van der Waals surface area contributed by atoms with E-state index in [0.29, 0.717) is 17.0 Å². The highest BCUT2D eigenvalue weighted by Crippen LogP contribution is 2.18. The standard InChI is InChI=1S/C12H22ClN3/c1-9(6-14-12(3,4)5)10(2)16-8-11(13)7-15-16/h7-10,14H,6H2,1-5H3. The molecule has 0 aliphatic carbocycles. The summed E-state index contributed by atoms with van der Waals surface area (Å²) in [6.07, 6.45) is 3.56. The SMILES string of the molecule is CC(CNC(C)(C)C)C(C)n1cc(Cl)cn1. The molecule has 1 aromatic rings. The first-order valence-corrected chi connectivity index (χ1v) is 6.12. The number of nitrogens with one attached hydrogen (secondary N) is 1. The van der Waals surface area contributed by atoms with Crippen molar-refractivity contribution in [3.63, 3.8) is 0 Å². The van der Waals surface area contributed by atoms with Gasteiger partial charge in [0.05, 0.1) is 17.3 Å². The van der Waals surface area contributed by atoms with Gasteiger partial charge in [0.25, 0.3) is 0 Å². The third-order valence-corrected chi connectivity index (χ3v) is 2.96. The van der Waals surface area contributed by atoms with E-state index in [0.717, 1.165) is 6.54 Å². The van der Waals surface area contributed by atoms with Gasteiger partial charge >= 0.3 is 0 Å². The lowest BCUT2D eigenvalue weighted by Gasteiger charge is -2.26. The van der Waals surface area contributed by atoms with Crippen molar-refractivity contribution in [2.45, 2.75) is 46.2 Å². The minimum absolute atomic E-state index is 0.162. The van der Waals surface area contributed by atoms with Gasteiger partial charge in [0.2, 0.25) is 0 Å². The molecule has 2 atom stereocenters. The molecule has 0 saturated carbocycles. The highest BCUT2D eigenvalue weighted by atomic mass is 35.5. The molecule has 0 aliphatic heterocycles. The van der Waals surface area contributed by atoms with E-state index < -0.39 is 0 Å². The van der Waals surface area contributed by atoms with E-state index in [1.54, 1.807) is 6.20 Å². The maximum Gasteiger partial charge on any atom is 0.0785 e. The van der Waals surface area contributed by atoms with Crippen molar-refractivity contribution in [3.8, 4) is 0 Å². The van der Waals surface area contributed by atoms with Crippen LogP contribution in [0, 0.1) is 5.92 Å². The van der Waals surface area contributed by atoms with Crippen molar-refractivity contribution in [1.29, 1.82) is 0 Å². The van der Waals surface area contributed by atoms with Crippen molar-refractivity contribution in [2.24, 2.45) is 5.92 Å². The minimum Gasteiger partial charge on any atom is -0.312 e. The summed E-state index contributed by atoms with van der Waals surface area (Å²) in [5.41, 5.74) is 0.162. The van der Waals surface area contributed by atoms with Gasteiger partial charge in [-0.3, -0.25) is 4.68 Å². The molecule has 0 bridgehead atoms. The van der Waals surface area contributed by atoms with E-state index in [2.05, 4.69) is 45.0 Å². The van der Waals surface area contributed by atoms with Crippen molar-refractivity contribution in [2.75, 3.05) is 6.54 Å². The van der Waals surface area contributed by atoms with Gasteiger partial charge in [0.1, 0.15) is 0 Å². The Balaban J connectivity index is 2.51. The predicted molar refractivity (Wildman–Crippen MR) is 68.9 cm³/mol. The van der Waals surface area contributed by atoms with Gasteiger partial charge in [-0.1, -0.05) is 18.5 Å². The molecular weight excluding hydrogens is 222 g/mol. The summed E-state index contributed by atoms with van der Waals surface area (Å²) in [7, 11) is 0. The van der Waals surface area contributed by atoms with Crippen LogP contribution in [0.5, 0.6) is 0 Å². The molecule has 0 spiro atoms. The maximum atomic E-state index is 5.86. The maximum absolute atomic E-state index is 5.86. The molecule has 0 aliphatic rings. The van der Waals surface area contributed by atoms with Crippen LogP contribution >= 0.6 is 11.6 Å². The summed E-state index contributed by atoms with van der Waals surface area (Å²) in [4.78, 5) is 0. The van der Waals surface area contributed by atoms with Crippen LogP contribution in [0.2, 0.25) is 5.02 Å². The molecule has 0 radical (unpaired) electrons. The Morgan fingerprint density at radius 1 is 1.44 bits per heavy atom. The lowest BCUT2D eigenvalue weighted by Crippen LogP contribution is -2.40. The highest BCUT2D eigenvalue weighted by molar-refractivity contribution is 6.30.